The summed E-state index contributed by atoms with van der Waals surface area (Å²) in [5, 5.41) is 2.78. The largest absolute Gasteiger partial charge is 0.484 e. The number of nitrogens with one attached hydrogen (secondary N) is 1. The van der Waals surface area contributed by atoms with Gasteiger partial charge in [-0.2, -0.15) is 0 Å². The summed E-state index contributed by atoms with van der Waals surface area (Å²) in [4.78, 5) is 31.8. The Balaban J connectivity index is 1.48. The van der Waals surface area contributed by atoms with Crippen molar-refractivity contribution in [1.82, 2.24) is 9.88 Å². The second-order valence-corrected chi connectivity index (χ2v) is 6.55. The first kappa shape index (κ1) is 18.7. The van der Waals surface area contributed by atoms with Crippen LogP contribution in [0.3, 0.4) is 0 Å². The van der Waals surface area contributed by atoms with Crippen LogP contribution in [0.15, 0.2) is 42.6 Å². The van der Waals surface area contributed by atoms with Crippen LogP contribution in [0.25, 0.3) is 0 Å². The summed E-state index contributed by atoms with van der Waals surface area (Å²) < 4.78 is 5.47. The number of benzene rings is 1. The van der Waals surface area contributed by atoms with Crippen molar-refractivity contribution in [2.45, 2.75) is 13.8 Å². The highest BCUT2D eigenvalue weighted by Gasteiger charge is 2.19. The van der Waals surface area contributed by atoms with Crippen LogP contribution in [0.5, 0.6) is 5.75 Å². The third-order valence-corrected chi connectivity index (χ3v) is 4.47. The van der Waals surface area contributed by atoms with Crippen LogP contribution in [0.4, 0.5) is 11.5 Å². The minimum atomic E-state index is -0.236. The lowest BCUT2D eigenvalue weighted by molar-refractivity contribution is -0.129. The Morgan fingerprint density at radius 3 is 2.37 bits per heavy atom. The van der Waals surface area contributed by atoms with Gasteiger partial charge in [0.1, 0.15) is 11.6 Å². The summed E-state index contributed by atoms with van der Waals surface area (Å²) in [5.41, 5.74) is 1.76. The molecule has 2 heterocycles. The van der Waals surface area contributed by atoms with Gasteiger partial charge in [0.05, 0.1) is 11.9 Å². The lowest BCUT2D eigenvalue weighted by atomic mass is 10.2. The minimum absolute atomic E-state index is 0.0577. The van der Waals surface area contributed by atoms with E-state index in [-0.39, 0.29) is 18.4 Å². The molecular weight excluding hydrogens is 344 g/mol. The fourth-order valence-electron chi connectivity index (χ4n) is 2.88. The summed E-state index contributed by atoms with van der Waals surface area (Å²) in [7, 11) is 0. The number of amides is 2. The molecule has 142 valence electrons. The Hall–Kier alpha value is -3.09. The number of rotatable bonds is 5. The van der Waals surface area contributed by atoms with Gasteiger partial charge in [-0.15, -0.1) is 0 Å². The van der Waals surface area contributed by atoms with Crippen LogP contribution in [0.2, 0.25) is 0 Å². The molecule has 1 fully saturated rings. The maximum atomic E-state index is 12.0. The number of carbonyl (C=O) groups excluding carboxylic acids is 2. The molecule has 1 saturated heterocycles. The van der Waals surface area contributed by atoms with E-state index in [1.165, 1.54) is 0 Å². The predicted molar refractivity (Wildman–Crippen MR) is 104 cm³/mol. The number of piperazine rings is 1. The SMILES string of the molecule is CC(=O)N1CCN(c2ccc(NC(=O)COc3ccc(C)cc3)cn2)CC1. The van der Waals surface area contributed by atoms with E-state index in [1.807, 2.05) is 48.2 Å². The van der Waals surface area contributed by atoms with Crippen LogP contribution in [0, 0.1) is 6.92 Å². The van der Waals surface area contributed by atoms with Crippen LogP contribution in [-0.4, -0.2) is 54.5 Å². The third-order valence-electron chi connectivity index (χ3n) is 4.47. The van der Waals surface area contributed by atoms with Gasteiger partial charge in [0.15, 0.2) is 6.61 Å². The number of hydrogen-bond donors (Lipinski definition) is 1. The number of carbonyl (C=O) groups is 2. The van der Waals surface area contributed by atoms with Crippen LogP contribution in [0.1, 0.15) is 12.5 Å². The van der Waals surface area contributed by atoms with Crippen molar-refractivity contribution in [2.75, 3.05) is 43.0 Å². The van der Waals surface area contributed by atoms with Gasteiger partial charge >= 0.3 is 0 Å². The zero-order valence-electron chi connectivity index (χ0n) is 15.6. The zero-order valence-corrected chi connectivity index (χ0v) is 15.6. The van der Waals surface area contributed by atoms with Crippen LogP contribution < -0.4 is 15.0 Å². The highest BCUT2D eigenvalue weighted by Crippen LogP contribution is 2.16. The first-order chi connectivity index (χ1) is 13.0. The average molecular weight is 368 g/mol. The Labute approximate surface area is 158 Å². The van der Waals surface area contributed by atoms with Gasteiger partial charge in [-0.1, -0.05) is 17.7 Å². The average Bonchev–Trinajstić information content (AvgIpc) is 2.68. The lowest BCUT2D eigenvalue weighted by Gasteiger charge is -2.34. The number of hydrogen-bond acceptors (Lipinski definition) is 5. The molecule has 2 amide bonds. The molecule has 1 N–H and O–H groups in total. The molecule has 1 aliphatic rings. The van der Waals surface area contributed by atoms with E-state index < -0.39 is 0 Å². The molecule has 0 bridgehead atoms. The van der Waals surface area contributed by atoms with Gasteiger partial charge in [-0.25, -0.2) is 4.98 Å². The standard InChI is InChI=1S/C20H24N4O3/c1-15-3-6-18(7-4-15)27-14-20(26)22-17-5-8-19(21-13-17)24-11-9-23(10-12-24)16(2)25/h3-8,13H,9-12,14H2,1-2H3,(H,22,26). The van der Waals surface area contributed by atoms with Gasteiger partial charge in [0, 0.05) is 33.1 Å². The molecule has 27 heavy (non-hydrogen) atoms. The Morgan fingerprint density at radius 1 is 1.07 bits per heavy atom. The van der Waals surface area contributed by atoms with Crippen molar-refractivity contribution in [3.63, 3.8) is 0 Å². The first-order valence-electron chi connectivity index (χ1n) is 8.97. The predicted octanol–water partition coefficient (Wildman–Crippen LogP) is 2.08. The summed E-state index contributed by atoms with van der Waals surface area (Å²) in [5.74, 6) is 1.37. The maximum absolute atomic E-state index is 12.0. The quantitative estimate of drug-likeness (QED) is 0.875. The van der Waals surface area contributed by atoms with Crippen molar-refractivity contribution >= 4 is 23.3 Å². The Kier molecular flexibility index (Phi) is 5.90. The first-order valence-corrected chi connectivity index (χ1v) is 8.97. The molecule has 0 unspecified atom stereocenters. The van der Waals surface area contributed by atoms with Crippen molar-refractivity contribution in [2.24, 2.45) is 0 Å². The van der Waals surface area contributed by atoms with Crippen LogP contribution in [-0.2, 0) is 9.59 Å². The molecule has 0 saturated carbocycles. The second kappa shape index (κ2) is 8.53. The van der Waals surface area contributed by atoms with E-state index in [4.69, 9.17) is 4.74 Å². The summed E-state index contributed by atoms with van der Waals surface area (Å²) >= 11 is 0. The van der Waals surface area contributed by atoms with Gasteiger partial charge in [-0.05, 0) is 31.2 Å². The van der Waals surface area contributed by atoms with E-state index in [0.717, 1.165) is 24.5 Å². The van der Waals surface area contributed by atoms with E-state index in [0.29, 0.717) is 24.5 Å². The molecule has 1 aliphatic heterocycles. The Bertz CT molecular complexity index is 782. The fraction of sp³-hybridized carbons (Fsp3) is 0.350. The Morgan fingerprint density at radius 2 is 1.78 bits per heavy atom. The van der Waals surface area contributed by atoms with E-state index in [1.54, 1.807) is 13.1 Å². The summed E-state index contributed by atoms with van der Waals surface area (Å²) in [6, 6.07) is 11.2. The van der Waals surface area contributed by atoms with Crippen molar-refractivity contribution in [1.29, 1.82) is 0 Å². The molecule has 3 rings (SSSR count). The van der Waals surface area contributed by atoms with Crippen LogP contribution >= 0.6 is 0 Å². The number of aryl methyl sites for hydroxylation is 1. The lowest BCUT2D eigenvalue weighted by Crippen LogP contribution is -2.48. The number of ether oxygens (including phenoxy) is 1. The molecule has 0 radical (unpaired) electrons. The van der Waals surface area contributed by atoms with E-state index in [9.17, 15) is 9.59 Å². The van der Waals surface area contributed by atoms with Gasteiger partial charge in [0.25, 0.3) is 5.91 Å². The summed E-state index contributed by atoms with van der Waals surface area (Å²) in [6.45, 7) is 6.44. The van der Waals surface area contributed by atoms with Crippen molar-refractivity contribution < 1.29 is 14.3 Å². The molecule has 7 heteroatoms. The zero-order chi connectivity index (χ0) is 19.2. The van der Waals surface area contributed by atoms with E-state index >= 15 is 0 Å². The minimum Gasteiger partial charge on any atom is -0.484 e. The molecule has 0 atom stereocenters. The number of pyridine rings is 1. The normalized spacial score (nSPS) is 14.0. The maximum Gasteiger partial charge on any atom is 0.262 e. The highest BCUT2D eigenvalue weighted by atomic mass is 16.5. The molecule has 0 spiro atoms. The summed E-state index contributed by atoms with van der Waals surface area (Å²) in [6.07, 6.45) is 1.64. The number of nitrogens with zero attached hydrogens (tertiary/aromatic N) is 3. The third kappa shape index (κ3) is 5.20. The highest BCUT2D eigenvalue weighted by molar-refractivity contribution is 5.91. The van der Waals surface area contributed by atoms with Gasteiger partial charge < -0.3 is 19.9 Å². The molecule has 1 aromatic heterocycles. The molecule has 1 aromatic carbocycles. The van der Waals surface area contributed by atoms with Crippen molar-refractivity contribution in [3.05, 3.63) is 48.2 Å². The second-order valence-electron chi connectivity index (χ2n) is 6.55. The van der Waals surface area contributed by atoms with E-state index in [2.05, 4.69) is 15.2 Å². The smallest absolute Gasteiger partial charge is 0.262 e. The molecule has 7 nitrogen and oxygen atoms in total. The van der Waals surface area contributed by atoms with Crippen molar-refractivity contribution in [3.8, 4) is 5.75 Å². The fourth-order valence-corrected chi connectivity index (χ4v) is 2.88. The number of aromatic nitrogens is 1. The molecular formula is C20H24N4O3. The van der Waals surface area contributed by atoms with Gasteiger partial charge in [0.2, 0.25) is 5.91 Å². The monoisotopic (exact) mass is 368 g/mol. The molecule has 0 aliphatic carbocycles. The molecule has 2 aromatic rings. The number of anilines is 2. The topological polar surface area (TPSA) is 74.8 Å². The van der Waals surface area contributed by atoms with Gasteiger partial charge in [-0.3, -0.25) is 9.59 Å².